The van der Waals surface area contributed by atoms with Crippen LogP contribution in [0.3, 0.4) is 0 Å². The average molecular weight is 210 g/mol. The third kappa shape index (κ3) is 1.98. The van der Waals surface area contributed by atoms with E-state index in [4.69, 9.17) is 5.73 Å². The zero-order valence-corrected chi connectivity index (χ0v) is 9.73. The minimum atomic E-state index is 0.0717. The quantitative estimate of drug-likeness (QED) is 0.833. The summed E-state index contributed by atoms with van der Waals surface area (Å²) in [6.07, 6.45) is 4.59. The van der Waals surface area contributed by atoms with E-state index in [2.05, 4.69) is 24.2 Å². The zero-order valence-electron chi connectivity index (χ0n) is 8.92. The second-order valence-electron chi connectivity index (χ2n) is 4.72. The van der Waals surface area contributed by atoms with Crippen LogP contribution in [0, 0.1) is 0 Å². The van der Waals surface area contributed by atoms with Gasteiger partial charge >= 0.3 is 0 Å². The number of hydrogen-bond donors (Lipinski definition) is 1. The van der Waals surface area contributed by atoms with Gasteiger partial charge in [0, 0.05) is 23.3 Å². The maximum atomic E-state index is 6.18. The first kappa shape index (κ1) is 10.1. The lowest BCUT2D eigenvalue weighted by Gasteiger charge is -2.37. The molecule has 0 aliphatic heterocycles. The highest BCUT2D eigenvalue weighted by atomic mass is 32.1. The van der Waals surface area contributed by atoms with Crippen molar-refractivity contribution in [2.45, 2.75) is 51.0 Å². The van der Waals surface area contributed by atoms with Crippen molar-refractivity contribution in [3.8, 4) is 0 Å². The number of nitrogens with zero attached hydrogens (tertiary/aromatic N) is 1. The highest BCUT2D eigenvalue weighted by Crippen LogP contribution is 2.33. The van der Waals surface area contributed by atoms with E-state index in [1.807, 2.05) is 0 Å². The van der Waals surface area contributed by atoms with Crippen LogP contribution in [0.15, 0.2) is 5.38 Å². The van der Waals surface area contributed by atoms with Crippen LogP contribution < -0.4 is 5.73 Å². The van der Waals surface area contributed by atoms with Gasteiger partial charge in [-0.1, -0.05) is 13.8 Å². The van der Waals surface area contributed by atoms with Gasteiger partial charge in [-0.2, -0.15) is 0 Å². The molecule has 1 saturated carbocycles. The minimum absolute atomic E-state index is 0.0717. The zero-order chi connectivity index (χ0) is 10.2. The Morgan fingerprint density at radius 1 is 1.57 bits per heavy atom. The van der Waals surface area contributed by atoms with Crippen molar-refractivity contribution in [2.75, 3.05) is 0 Å². The molecule has 0 saturated heterocycles. The van der Waals surface area contributed by atoms with Crippen molar-refractivity contribution < 1.29 is 0 Å². The smallest absolute Gasteiger partial charge is 0.0953 e. The molecule has 0 atom stereocenters. The van der Waals surface area contributed by atoms with Gasteiger partial charge in [0.25, 0.3) is 0 Å². The fraction of sp³-hybridized carbons (Fsp3) is 0.727. The first-order valence-corrected chi connectivity index (χ1v) is 6.20. The predicted molar refractivity (Wildman–Crippen MR) is 60.7 cm³/mol. The van der Waals surface area contributed by atoms with Gasteiger partial charge in [-0.05, 0) is 19.3 Å². The molecule has 1 aliphatic rings. The van der Waals surface area contributed by atoms with Crippen molar-refractivity contribution in [1.29, 1.82) is 0 Å². The summed E-state index contributed by atoms with van der Waals surface area (Å²) in [5.41, 5.74) is 7.45. The molecule has 78 valence electrons. The van der Waals surface area contributed by atoms with Crippen LogP contribution in [-0.2, 0) is 6.42 Å². The first-order chi connectivity index (χ1) is 6.59. The largest absolute Gasteiger partial charge is 0.325 e. The molecule has 1 fully saturated rings. The van der Waals surface area contributed by atoms with Crippen molar-refractivity contribution >= 4 is 11.3 Å². The van der Waals surface area contributed by atoms with Crippen molar-refractivity contribution in [1.82, 2.24) is 4.98 Å². The lowest BCUT2D eigenvalue weighted by Crippen LogP contribution is -2.48. The number of hydrogen-bond acceptors (Lipinski definition) is 3. The molecule has 2 rings (SSSR count). The van der Waals surface area contributed by atoms with E-state index < -0.39 is 0 Å². The van der Waals surface area contributed by atoms with Crippen LogP contribution >= 0.6 is 11.3 Å². The number of nitrogens with two attached hydrogens (primary N) is 1. The van der Waals surface area contributed by atoms with Crippen LogP contribution in [-0.4, -0.2) is 10.5 Å². The Morgan fingerprint density at radius 3 is 2.71 bits per heavy atom. The summed E-state index contributed by atoms with van der Waals surface area (Å²) in [5.74, 6) is 0.545. The standard InChI is InChI=1S/C11H18N2S/c1-8(2)10-13-9(7-14-10)6-11(12)4-3-5-11/h7-8H,3-6,12H2,1-2H3. The minimum Gasteiger partial charge on any atom is -0.325 e. The van der Waals surface area contributed by atoms with Crippen LogP contribution in [0.5, 0.6) is 0 Å². The van der Waals surface area contributed by atoms with Crippen LogP contribution in [0.2, 0.25) is 0 Å². The molecular weight excluding hydrogens is 192 g/mol. The molecule has 0 amide bonds. The van der Waals surface area contributed by atoms with Crippen LogP contribution in [0.1, 0.15) is 49.7 Å². The van der Waals surface area contributed by atoms with Gasteiger partial charge in [-0.15, -0.1) is 11.3 Å². The summed E-state index contributed by atoms with van der Waals surface area (Å²) in [5, 5.41) is 3.41. The van der Waals surface area contributed by atoms with Gasteiger partial charge in [0.05, 0.1) is 10.7 Å². The normalized spacial score (nSPS) is 19.7. The Hall–Kier alpha value is -0.410. The van der Waals surface area contributed by atoms with Crippen molar-refractivity contribution in [2.24, 2.45) is 5.73 Å². The SMILES string of the molecule is CC(C)c1nc(CC2(N)CCC2)cs1. The monoisotopic (exact) mass is 210 g/mol. The summed E-state index contributed by atoms with van der Waals surface area (Å²) >= 11 is 1.77. The van der Waals surface area contributed by atoms with Gasteiger partial charge in [0.1, 0.15) is 0 Å². The molecule has 1 heterocycles. The summed E-state index contributed by atoms with van der Waals surface area (Å²) < 4.78 is 0. The summed E-state index contributed by atoms with van der Waals surface area (Å²) in [6, 6.07) is 0. The van der Waals surface area contributed by atoms with E-state index in [1.165, 1.54) is 30.0 Å². The molecule has 2 nitrogen and oxygen atoms in total. The Kier molecular flexibility index (Phi) is 2.62. The molecule has 0 radical (unpaired) electrons. The molecule has 0 spiro atoms. The highest BCUT2D eigenvalue weighted by molar-refractivity contribution is 7.09. The molecule has 1 aromatic heterocycles. The number of rotatable bonds is 3. The van der Waals surface area contributed by atoms with Gasteiger partial charge in [0.2, 0.25) is 0 Å². The maximum absolute atomic E-state index is 6.18. The second kappa shape index (κ2) is 3.63. The molecule has 1 aliphatic carbocycles. The number of aromatic nitrogens is 1. The maximum Gasteiger partial charge on any atom is 0.0953 e. The Labute approximate surface area is 89.5 Å². The molecule has 14 heavy (non-hydrogen) atoms. The molecule has 1 aromatic rings. The van der Waals surface area contributed by atoms with Gasteiger partial charge < -0.3 is 5.73 Å². The third-order valence-electron chi connectivity index (χ3n) is 2.95. The van der Waals surface area contributed by atoms with Crippen molar-refractivity contribution in [3.63, 3.8) is 0 Å². The van der Waals surface area contributed by atoms with E-state index >= 15 is 0 Å². The fourth-order valence-electron chi connectivity index (χ4n) is 1.84. The summed E-state index contributed by atoms with van der Waals surface area (Å²) in [7, 11) is 0. The van der Waals surface area contributed by atoms with E-state index in [0.29, 0.717) is 5.92 Å². The molecule has 0 aromatic carbocycles. The Morgan fingerprint density at radius 2 is 2.29 bits per heavy atom. The number of thiazole rings is 1. The highest BCUT2D eigenvalue weighted by Gasteiger charge is 2.33. The summed E-state index contributed by atoms with van der Waals surface area (Å²) in [4.78, 5) is 4.62. The van der Waals surface area contributed by atoms with Gasteiger partial charge in [-0.3, -0.25) is 0 Å². The van der Waals surface area contributed by atoms with Gasteiger partial charge in [-0.25, -0.2) is 4.98 Å². The van der Waals surface area contributed by atoms with E-state index in [0.717, 1.165) is 6.42 Å². The average Bonchev–Trinajstić information content (AvgIpc) is 2.50. The van der Waals surface area contributed by atoms with Gasteiger partial charge in [0.15, 0.2) is 0 Å². The van der Waals surface area contributed by atoms with E-state index in [-0.39, 0.29) is 5.54 Å². The molecule has 3 heteroatoms. The Balaban J connectivity index is 2.02. The van der Waals surface area contributed by atoms with Crippen molar-refractivity contribution in [3.05, 3.63) is 16.1 Å². The second-order valence-corrected chi connectivity index (χ2v) is 5.61. The molecule has 0 bridgehead atoms. The summed E-state index contributed by atoms with van der Waals surface area (Å²) in [6.45, 7) is 4.37. The third-order valence-corrected chi connectivity index (χ3v) is 4.14. The van der Waals surface area contributed by atoms with Crippen LogP contribution in [0.4, 0.5) is 0 Å². The van der Waals surface area contributed by atoms with E-state index in [9.17, 15) is 0 Å². The topological polar surface area (TPSA) is 38.9 Å². The lowest BCUT2D eigenvalue weighted by molar-refractivity contribution is 0.246. The molecule has 0 unspecified atom stereocenters. The molecule has 2 N–H and O–H groups in total. The Bertz CT molecular complexity index is 313. The fourth-order valence-corrected chi connectivity index (χ4v) is 2.67. The predicted octanol–water partition coefficient (Wildman–Crippen LogP) is 2.69. The lowest BCUT2D eigenvalue weighted by atomic mass is 9.75. The van der Waals surface area contributed by atoms with E-state index in [1.54, 1.807) is 11.3 Å². The first-order valence-electron chi connectivity index (χ1n) is 5.32. The molecular formula is C11H18N2S. The van der Waals surface area contributed by atoms with Crippen LogP contribution in [0.25, 0.3) is 0 Å².